The van der Waals surface area contributed by atoms with Crippen LogP contribution in [0.4, 0.5) is 0 Å². The largest absolute Gasteiger partial charge is 0.390 e. The van der Waals surface area contributed by atoms with Crippen molar-refractivity contribution in [2.75, 3.05) is 19.6 Å². The van der Waals surface area contributed by atoms with Crippen LogP contribution in [0.5, 0.6) is 0 Å². The number of hydrogen-bond acceptors (Lipinski definition) is 3. The maximum Gasteiger partial charge on any atom is 0.236 e. The molecule has 1 amide bonds. The maximum absolute atomic E-state index is 12.2. The zero-order valence-electron chi connectivity index (χ0n) is 12.2. The first-order valence-electron chi connectivity index (χ1n) is 8.31. The van der Waals surface area contributed by atoms with Crippen molar-refractivity contribution in [3.05, 3.63) is 0 Å². The van der Waals surface area contributed by atoms with Crippen LogP contribution in [0.1, 0.15) is 51.4 Å². The van der Waals surface area contributed by atoms with Gasteiger partial charge in [-0.2, -0.15) is 0 Å². The van der Waals surface area contributed by atoms with E-state index >= 15 is 0 Å². The van der Waals surface area contributed by atoms with E-state index in [1.807, 2.05) is 4.90 Å². The number of carbonyl (C=O) groups is 1. The van der Waals surface area contributed by atoms with Crippen LogP contribution in [0.2, 0.25) is 0 Å². The van der Waals surface area contributed by atoms with Gasteiger partial charge in [0.25, 0.3) is 0 Å². The molecule has 0 spiro atoms. The van der Waals surface area contributed by atoms with Gasteiger partial charge in [-0.25, -0.2) is 0 Å². The molecule has 1 aliphatic heterocycles. The summed E-state index contributed by atoms with van der Waals surface area (Å²) in [6, 6.07) is 0. The second-order valence-electron chi connectivity index (χ2n) is 7.91. The number of aliphatic hydroxyl groups is 1. The van der Waals surface area contributed by atoms with E-state index in [2.05, 4.69) is 5.32 Å². The van der Waals surface area contributed by atoms with Crippen molar-refractivity contribution in [1.82, 2.24) is 10.2 Å². The Bertz CT molecular complexity index is 403. The van der Waals surface area contributed by atoms with E-state index in [4.69, 9.17) is 0 Å². The topological polar surface area (TPSA) is 52.6 Å². The summed E-state index contributed by atoms with van der Waals surface area (Å²) in [7, 11) is 0. The predicted octanol–water partition coefficient (Wildman–Crippen LogP) is 1.28. The molecule has 0 aromatic rings. The minimum absolute atomic E-state index is 0.0498. The van der Waals surface area contributed by atoms with Crippen molar-refractivity contribution in [1.29, 1.82) is 0 Å². The first-order chi connectivity index (χ1) is 9.56. The molecule has 20 heavy (non-hydrogen) atoms. The van der Waals surface area contributed by atoms with Gasteiger partial charge in [-0.1, -0.05) is 0 Å². The minimum atomic E-state index is -0.437. The van der Waals surface area contributed by atoms with E-state index in [-0.39, 0.29) is 11.4 Å². The first-order valence-corrected chi connectivity index (χ1v) is 8.31. The molecule has 0 unspecified atom stereocenters. The fraction of sp³-hybridized carbons (Fsp3) is 0.938. The van der Waals surface area contributed by atoms with Gasteiger partial charge in [0.1, 0.15) is 0 Å². The van der Waals surface area contributed by atoms with Crippen molar-refractivity contribution in [3.8, 4) is 0 Å². The van der Waals surface area contributed by atoms with Crippen molar-refractivity contribution in [2.24, 2.45) is 11.8 Å². The lowest BCUT2D eigenvalue weighted by atomic mass is 9.51. The summed E-state index contributed by atoms with van der Waals surface area (Å²) < 4.78 is 0. The van der Waals surface area contributed by atoms with Gasteiger partial charge in [-0.3, -0.25) is 4.79 Å². The Labute approximate surface area is 120 Å². The number of likely N-dealkylation sites (tertiary alicyclic amines) is 1. The molecular formula is C16H26N2O2. The number of rotatable bonds is 3. The maximum atomic E-state index is 12.2. The van der Waals surface area contributed by atoms with Gasteiger partial charge in [0.15, 0.2) is 0 Å². The highest BCUT2D eigenvalue weighted by Gasteiger charge is 2.57. The molecule has 4 heteroatoms. The first kappa shape index (κ1) is 13.1. The summed E-state index contributed by atoms with van der Waals surface area (Å²) in [5.41, 5.74) is -0.387. The summed E-state index contributed by atoms with van der Waals surface area (Å²) in [5.74, 6) is 1.61. The zero-order valence-corrected chi connectivity index (χ0v) is 12.2. The summed E-state index contributed by atoms with van der Waals surface area (Å²) in [6.45, 7) is 2.33. The van der Waals surface area contributed by atoms with Crippen molar-refractivity contribution in [3.63, 3.8) is 0 Å². The molecule has 5 aliphatic rings. The Morgan fingerprint density at radius 3 is 2.40 bits per heavy atom. The van der Waals surface area contributed by atoms with Crippen LogP contribution in [0.25, 0.3) is 0 Å². The second kappa shape index (κ2) is 4.44. The SMILES string of the molecule is O=C(CNC12C[C@@H]3C[C@H](CC(O)(C3)C1)C2)N1CCCC1. The quantitative estimate of drug-likeness (QED) is 0.818. The highest BCUT2D eigenvalue weighted by atomic mass is 16.3. The summed E-state index contributed by atoms with van der Waals surface area (Å²) in [6.07, 6.45) is 8.78. The number of hydrogen-bond donors (Lipinski definition) is 2. The molecule has 4 aliphatic carbocycles. The minimum Gasteiger partial charge on any atom is -0.390 e. The van der Waals surface area contributed by atoms with E-state index in [9.17, 15) is 9.90 Å². The third-order valence-corrected chi connectivity index (χ3v) is 6.10. The average molecular weight is 278 g/mol. The Morgan fingerprint density at radius 2 is 1.80 bits per heavy atom. The molecule has 4 saturated carbocycles. The number of amides is 1. The summed E-state index contributed by atoms with van der Waals surface area (Å²) in [5, 5.41) is 14.3. The average Bonchev–Trinajstić information content (AvgIpc) is 2.86. The standard InChI is InChI=1S/C16H26N2O2/c19-14(18-3-1-2-4-18)10-17-15-6-12-5-13(7-15)9-16(20,8-12)11-15/h12-13,17,20H,1-11H2/t12-,13-,15?,16?/m0/s1. The molecule has 4 nitrogen and oxygen atoms in total. The normalized spacial score (nSPS) is 46.1. The van der Waals surface area contributed by atoms with Crippen LogP contribution in [0, 0.1) is 11.8 Å². The zero-order chi connectivity index (χ0) is 13.8. The van der Waals surface area contributed by atoms with Crippen molar-refractivity contribution < 1.29 is 9.90 Å². The van der Waals surface area contributed by atoms with Gasteiger partial charge < -0.3 is 15.3 Å². The Hall–Kier alpha value is -0.610. The van der Waals surface area contributed by atoms with Gasteiger partial charge in [-0.05, 0) is 63.2 Å². The van der Waals surface area contributed by atoms with E-state index in [1.165, 1.54) is 19.3 Å². The van der Waals surface area contributed by atoms with Crippen LogP contribution in [-0.2, 0) is 4.79 Å². The number of nitrogens with zero attached hydrogens (tertiary/aromatic N) is 1. The Kier molecular flexibility index (Phi) is 2.90. The Morgan fingerprint density at radius 1 is 1.15 bits per heavy atom. The van der Waals surface area contributed by atoms with Gasteiger partial charge in [-0.15, -0.1) is 0 Å². The Balaban J connectivity index is 1.42. The molecule has 2 atom stereocenters. The molecule has 5 rings (SSSR count). The molecule has 112 valence electrons. The predicted molar refractivity (Wildman–Crippen MR) is 76.2 cm³/mol. The third kappa shape index (κ3) is 2.17. The van der Waals surface area contributed by atoms with Crippen molar-refractivity contribution in [2.45, 2.75) is 62.5 Å². The molecular weight excluding hydrogens is 252 g/mol. The van der Waals surface area contributed by atoms with Gasteiger partial charge in [0, 0.05) is 18.6 Å². The molecule has 0 aromatic carbocycles. The number of nitrogens with one attached hydrogen (secondary N) is 1. The van der Waals surface area contributed by atoms with Crippen LogP contribution >= 0.6 is 0 Å². The van der Waals surface area contributed by atoms with Crippen LogP contribution in [-0.4, -0.2) is 46.7 Å². The molecule has 2 N–H and O–H groups in total. The van der Waals surface area contributed by atoms with E-state index in [0.717, 1.165) is 45.2 Å². The van der Waals surface area contributed by atoms with Crippen molar-refractivity contribution >= 4 is 5.91 Å². The lowest BCUT2D eigenvalue weighted by Crippen LogP contribution is -2.65. The fourth-order valence-electron chi connectivity index (χ4n) is 5.76. The highest BCUT2D eigenvalue weighted by Crippen LogP contribution is 2.57. The van der Waals surface area contributed by atoms with E-state index < -0.39 is 5.60 Å². The lowest BCUT2D eigenvalue weighted by Gasteiger charge is -2.60. The van der Waals surface area contributed by atoms with Gasteiger partial charge >= 0.3 is 0 Å². The second-order valence-corrected chi connectivity index (χ2v) is 7.91. The number of carbonyl (C=O) groups excluding carboxylic acids is 1. The van der Waals surface area contributed by atoms with E-state index in [1.54, 1.807) is 0 Å². The highest BCUT2D eigenvalue weighted by molar-refractivity contribution is 5.78. The molecule has 1 saturated heterocycles. The molecule has 0 radical (unpaired) electrons. The lowest BCUT2D eigenvalue weighted by molar-refractivity contribution is -0.146. The van der Waals surface area contributed by atoms with Crippen LogP contribution < -0.4 is 5.32 Å². The molecule has 1 heterocycles. The fourth-order valence-corrected chi connectivity index (χ4v) is 5.76. The molecule has 0 aromatic heterocycles. The summed E-state index contributed by atoms with van der Waals surface area (Å²) in [4.78, 5) is 14.2. The van der Waals surface area contributed by atoms with Crippen LogP contribution in [0.3, 0.4) is 0 Å². The van der Waals surface area contributed by atoms with E-state index in [0.29, 0.717) is 18.4 Å². The molecule has 4 bridgehead atoms. The van der Waals surface area contributed by atoms with Crippen LogP contribution in [0.15, 0.2) is 0 Å². The third-order valence-electron chi connectivity index (χ3n) is 6.10. The smallest absolute Gasteiger partial charge is 0.236 e. The van der Waals surface area contributed by atoms with Gasteiger partial charge in [0.2, 0.25) is 5.91 Å². The molecule has 5 fully saturated rings. The van der Waals surface area contributed by atoms with Gasteiger partial charge in [0.05, 0.1) is 12.1 Å². The monoisotopic (exact) mass is 278 g/mol. The summed E-state index contributed by atoms with van der Waals surface area (Å²) >= 11 is 0.